The number of rotatable bonds is 5. The Hall–Kier alpha value is -0.870. The minimum absolute atomic E-state index is 0.156. The third-order valence-electron chi connectivity index (χ3n) is 2.03. The SMILES string of the molecule is CCOC(C)CNc1ncnc(Cl)c1C. The van der Waals surface area contributed by atoms with Gasteiger partial charge in [0.25, 0.3) is 0 Å². The summed E-state index contributed by atoms with van der Waals surface area (Å²) in [6.45, 7) is 7.29. The lowest BCUT2D eigenvalue weighted by molar-refractivity contribution is 0.0855. The molecule has 1 atom stereocenters. The predicted molar refractivity (Wildman–Crippen MR) is 61.4 cm³/mol. The number of anilines is 1. The van der Waals surface area contributed by atoms with E-state index in [1.165, 1.54) is 6.33 Å². The Morgan fingerprint density at radius 1 is 1.53 bits per heavy atom. The number of hydrogen-bond donors (Lipinski definition) is 1. The van der Waals surface area contributed by atoms with Crippen molar-refractivity contribution in [1.29, 1.82) is 0 Å². The lowest BCUT2D eigenvalue weighted by Crippen LogP contribution is -2.20. The summed E-state index contributed by atoms with van der Waals surface area (Å²) in [4.78, 5) is 7.99. The zero-order valence-corrected chi connectivity index (χ0v) is 10.0. The first-order valence-corrected chi connectivity index (χ1v) is 5.35. The molecule has 0 spiro atoms. The highest BCUT2D eigenvalue weighted by atomic mass is 35.5. The Morgan fingerprint density at radius 2 is 2.27 bits per heavy atom. The van der Waals surface area contributed by atoms with Gasteiger partial charge in [-0.25, -0.2) is 9.97 Å². The number of aromatic nitrogens is 2. The molecule has 0 saturated heterocycles. The molecular weight excluding hydrogens is 214 g/mol. The Kier molecular flexibility index (Phi) is 4.78. The Labute approximate surface area is 95.0 Å². The van der Waals surface area contributed by atoms with Gasteiger partial charge in [0, 0.05) is 18.7 Å². The van der Waals surface area contributed by atoms with Gasteiger partial charge in [0.05, 0.1) is 6.10 Å². The molecular formula is C10H16ClN3O. The molecule has 0 aliphatic rings. The maximum atomic E-state index is 5.87. The van der Waals surface area contributed by atoms with Crippen LogP contribution in [0, 0.1) is 6.92 Å². The van der Waals surface area contributed by atoms with E-state index in [9.17, 15) is 0 Å². The number of nitrogens with one attached hydrogen (secondary N) is 1. The second-order valence-electron chi connectivity index (χ2n) is 3.28. The van der Waals surface area contributed by atoms with Crippen molar-refractivity contribution in [2.45, 2.75) is 26.9 Å². The summed E-state index contributed by atoms with van der Waals surface area (Å²) in [6.07, 6.45) is 1.60. The van der Waals surface area contributed by atoms with Crippen LogP contribution < -0.4 is 5.32 Å². The average molecular weight is 230 g/mol. The van der Waals surface area contributed by atoms with Gasteiger partial charge >= 0.3 is 0 Å². The van der Waals surface area contributed by atoms with Crippen LogP contribution in [-0.2, 0) is 4.74 Å². The standard InChI is InChI=1S/C10H16ClN3O/c1-4-15-7(2)5-12-10-8(3)9(11)13-6-14-10/h6-7H,4-5H2,1-3H3,(H,12,13,14). The average Bonchev–Trinajstić information content (AvgIpc) is 2.21. The quantitative estimate of drug-likeness (QED) is 0.787. The van der Waals surface area contributed by atoms with E-state index in [2.05, 4.69) is 15.3 Å². The fraction of sp³-hybridized carbons (Fsp3) is 0.600. The van der Waals surface area contributed by atoms with E-state index in [1.54, 1.807) is 0 Å². The van der Waals surface area contributed by atoms with Crippen molar-refractivity contribution >= 4 is 17.4 Å². The smallest absolute Gasteiger partial charge is 0.137 e. The van der Waals surface area contributed by atoms with E-state index in [0.29, 0.717) is 18.3 Å². The van der Waals surface area contributed by atoms with Crippen LogP contribution in [-0.4, -0.2) is 29.2 Å². The zero-order valence-electron chi connectivity index (χ0n) is 9.25. The first-order chi connectivity index (χ1) is 7.15. The molecule has 1 heterocycles. The molecule has 1 aromatic rings. The molecule has 1 unspecified atom stereocenters. The second kappa shape index (κ2) is 5.88. The lowest BCUT2D eigenvalue weighted by atomic mass is 10.3. The van der Waals surface area contributed by atoms with Gasteiger partial charge in [0.1, 0.15) is 17.3 Å². The van der Waals surface area contributed by atoms with Gasteiger partial charge in [-0.05, 0) is 20.8 Å². The van der Waals surface area contributed by atoms with Gasteiger partial charge in [0.15, 0.2) is 0 Å². The highest BCUT2D eigenvalue weighted by molar-refractivity contribution is 6.30. The number of hydrogen-bond acceptors (Lipinski definition) is 4. The molecule has 1 N–H and O–H groups in total. The van der Waals surface area contributed by atoms with E-state index >= 15 is 0 Å². The lowest BCUT2D eigenvalue weighted by Gasteiger charge is -2.14. The summed E-state index contributed by atoms with van der Waals surface area (Å²) in [6, 6.07) is 0. The monoisotopic (exact) mass is 229 g/mol. The van der Waals surface area contributed by atoms with Gasteiger partial charge < -0.3 is 10.1 Å². The molecule has 0 bridgehead atoms. The largest absolute Gasteiger partial charge is 0.377 e. The van der Waals surface area contributed by atoms with Crippen molar-refractivity contribution in [2.24, 2.45) is 0 Å². The van der Waals surface area contributed by atoms with E-state index < -0.39 is 0 Å². The van der Waals surface area contributed by atoms with E-state index in [0.717, 1.165) is 11.4 Å². The van der Waals surface area contributed by atoms with Gasteiger partial charge in [-0.1, -0.05) is 11.6 Å². The third-order valence-corrected chi connectivity index (χ3v) is 2.41. The van der Waals surface area contributed by atoms with E-state index in [-0.39, 0.29) is 6.10 Å². The van der Waals surface area contributed by atoms with Crippen molar-refractivity contribution in [1.82, 2.24) is 9.97 Å². The van der Waals surface area contributed by atoms with E-state index in [1.807, 2.05) is 20.8 Å². The van der Waals surface area contributed by atoms with Crippen molar-refractivity contribution < 1.29 is 4.74 Å². The molecule has 0 aliphatic heterocycles. The van der Waals surface area contributed by atoms with Crippen molar-refractivity contribution in [3.8, 4) is 0 Å². The number of nitrogens with zero attached hydrogens (tertiary/aromatic N) is 2. The Bertz CT molecular complexity index is 320. The summed E-state index contributed by atoms with van der Waals surface area (Å²) >= 11 is 5.87. The molecule has 0 amide bonds. The molecule has 0 aromatic carbocycles. The summed E-state index contributed by atoms with van der Waals surface area (Å²) in [5.74, 6) is 0.765. The molecule has 1 rings (SSSR count). The van der Waals surface area contributed by atoms with Crippen LogP contribution >= 0.6 is 11.6 Å². The first-order valence-electron chi connectivity index (χ1n) is 4.97. The molecule has 0 radical (unpaired) electrons. The zero-order chi connectivity index (χ0) is 11.3. The number of halogens is 1. The van der Waals surface area contributed by atoms with Crippen LogP contribution in [0.1, 0.15) is 19.4 Å². The third kappa shape index (κ3) is 3.64. The van der Waals surface area contributed by atoms with Crippen LogP contribution in [0.5, 0.6) is 0 Å². The minimum atomic E-state index is 0.156. The minimum Gasteiger partial charge on any atom is -0.377 e. The van der Waals surface area contributed by atoms with Crippen molar-refractivity contribution in [3.05, 3.63) is 17.0 Å². The molecule has 0 saturated carbocycles. The van der Waals surface area contributed by atoms with Crippen LogP contribution in [0.15, 0.2) is 6.33 Å². The highest BCUT2D eigenvalue weighted by Crippen LogP contribution is 2.17. The van der Waals surface area contributed by atoms with Crippen LogP contribution in [0.2, 0.25) is 5.15 Å². The van der Waals surface area contributed by atoms with Crippen LogP contribution in [0.4, 0.5) is 5.82 Å². The normalized spacial score (nSPS) is 12.5. The summed E-state index contributed by atoms with van der Waals surface area (Å²) in [7, 11) is 0. The molecule has 0 aliphatic carbocycles. The fourth-order valence-corrected chi connectivity index (χ4v) is 1.32. The van der Waals surface area contributed by atoms with E-state index in [4.69, 9.17) is 16.3 Å². The molecule has 0 fully saturated rings. The molecule has 84 valence electrons. The molecule has 5 heteroatoms. The molecule has 15 heavy (non-hydrogen) atoms. The highest BCUT2D eigenvalue weighted by Gasteiger charge is 2.06. The van der Waals surface area contributed by atoms with Gasteiger partial charge in [-0.3, -0.25) is 0 Å². The molecule has 4 nitrogen and oxygen atoms in total. The summed E-state index contributed by atoms with van der Waals surface area (Å²) < 4.78 is 5.39. The summed E-state index contributed by atoms with van der Waals surface area (Å²) in [5, 5.41) is 3.66. The van der Waals surface area contributed by atoms with Crippen LogP contribution in [0.25, 0.3) is 0 Å². The van der Waals surface area contributed by atoms with Gasteiger partial charge in [0.2, 0.25) is 0 Å². The Balaban J connectivity index is 2.54. The van der Waals surface area contributed by atoms with Gasteiger partial charge in [-0.2, -0.15) is 0 Å². The van der Waals surface area contributed by atoms with Gasteiger partial charge in [-0.15, -0.1) is 0 Å². The first kappa shape index (κ1) is 12.2. The predicted octanol–water partition coefficient (Wildman–Crippen LogP) is 2.28. The second-order valence-corrected chi connectivity index (χ2v) is 3.64. The van der Waals surface area contributed by atoms with Crippen molar-refractivity contribution in [3.63, 3.8) is 0 Å². The maximum absolute atomic E-state index is 5.87. The van der Waals surface area contributed by atoms with Crippen molar-refractivity contribution in [2.75, 3.05) is 18.5 Å². The molecule has 1 aromatic heterocycles. The Morgan fingerprint density at radius 3 is 2.93 bits per heavy atom. The number of ether oxygens (including phenoxy) is 1. The van der Waals surface area contributed by atoms with Crippen LogP contribution in [0.3, 0.4) is 0 Å². The maximum Gasteiger partial charge on any atom is 0.137 e. The fourth-order valence-electron chi connectivity index (χ4n) is 1.19. The summed E-state index contributed by atoms with van der Waals surface area (Å²) in [5.41, 5.74) is 0.864. The topological polar surface area (TPSA) is 47.0 Å².